The first-order chi connectivity index (χ1) is 13.6. The zero-order valence-electron chi connectivity index (χ0n) is 16.2. The Labute approximate surface area is 164 Å². The molecular weight excluding hydrogens is 350 g/mol. The molecule has 142 valence electrons. The summed E-state index contributed by atoms with van der Waals surface area (Å²) in [5.41, 5.74) is 3.28. The minimum Gasteiger partial charge on any atom is -0.293 e. The second kappa shape index (κ2) is 8.53. The van der Waals surface area contributed by atoms with Gasteiger partial charge in [0.1, 0.15) is 0 Å². The summed E-state index contributed by atoms with van der Waals surface area (Å²) in [6.07, 6.45) is 2.50. The van der Waals surface area contributed by atoms with E-state index in [4.69, 9.17) is 0 Å². The van der Waals surface area contributed by atoms with E-state index in [0.29, 0.717) is 17.7 Å². The van der Waals surface area contributed by atoms with Gasteiger partial charge in [-0.05, 0) is 35.6 Å². The molecule has 0 atom stereocenters. The fraction of sp³-hybridized carbons (Fsp3) is 0.261. The molecule has 28 heavy (non-hydrogen) atoms. The van der Waals surface area contributed by atoms with E-state index in [-0.39, 0.29) is 17.8 Å². The van der Waals surface area contributed by atoms with Gasteiger partial charge in [-0.25, -0.2) is 4.79 Å². The normalized spacial score (nSPS) is 10.6. The number of aryl methyl sites for hydroxylation is 1. The molecular formula is C23H23N3O2. The van der Waals surface area contributed by atoms with Crippen LogP contribution in [0.2, 0.25) is 0 Å². The maximum atomic E-state index is 12.9. The number of rotatable bonds is 6. The van der Waals surface area contributed by atoms with Crippen molar-refractivity contribution in [2.45, 2.75) is 32.7 Å². The van der Waals surface area contributed by atoms with E-state index in [0.717, 1.165) is 34.1 Å². The maximum Gasteiger partial charge on any atom is 0.331 e. The average molecular weight is 373 g/mol. The van der Waals surface area contributed by atoms with Crippen LogP contribution >= 0.6 is 0 Å². The molecule has 5 heteroatoms. The van der Waals surface area contributed by atoms with E-state index in [1.807, 2.05) is 42.5 Å². The second-order valence-electron chi connectivity index (χ2n) is 6.81. The summed E-state index contributed by atoms with van der Waals surface area (Å²) in [7, 11) is 1.49. The first-order valence-electron chi connectivity index (χ1n) is 9.44. The van der Waals surface area contributed by atoms with Crippen molar-refractivity contribution in [2.24, 2.45) is 7.05 Å². The first kappa shape index (κ1) is 19.4. The van der Waals surface area contributed by atoms with Crippen molar-refractivity contribution >= 4 is 0 Å². The lowest BCUT2D eigenvalue weighted by atomic mass is 9.95. The summed E-state index contributed by atoms with van der Waals surface area (Å²) < 4.78 is 2.74. The lowest BCUT2D eigenvalue weighted by Crippen LogP contribution is -2.39. The van der Waals surface area contributed by atoms with E-state index in [2.05, 4.69) is 13.0 Å². The Morgan fingerprint density at radius 3 is 2.46 bits per heavy atom. The number of nitrogens with zero attached hydrogens (tertiary/aromatic N) is 3. The fourth-order valence-electron chi connectivity index (χ4n) is 3.36. The largest absolute Gasteiger partial charge is 0.331 e. The highest BCUT2D eigenvalue weighted by Crippen LogP contribution is 2.27. The molecule has 0 radical (unpaired) electrons. The number of aromatic nitrogens is 2. The SMILES string of the molecule is CCCCc1cc(=O)n(C)c(=O)n1Cc1c(C#N)cccc1-c1ccccc1. The minimum atomic E-state index is -0.356. The van der Waals surface area contributed by atoms with E-state index in [9.17, 15) is 14.9 Å². The Morgan fingerprint density at radius 1 is 1.04 bits per heavy atom. The molecule has 0 unspecified atom stereocenters. The van der Waals surface area contributed by atoms with Gasteiger partial charge in [0.15, 0.2) is 0 Å². The van der Waals surface area contributed by atoms with Crippen LogP contribution in [0.4, 0.5) is 0 Å². The smallest absolute Gasteiger partial charge is 0.293 e. The molecule has 0 N–H and O–H groups in total. The Morgan fingerprint density at radius 2 is 1.79 bits per heavy atom. The summed E-state index contributed by atoms with van der Waals surface area (Å²) in [6.45, 7) is 2.32. The first-order valence-corrected chi connectivity index (χ1v) is 9.44. The van der Waals surface area contributed by atoms with Gasteiger partial charge in [0.2, 0.25) is 0 Å². The van der Waals surface area contributed by atoms with Gasteiger partial charge in [-0.15, -0.1) is 0 Å². The lowest BCUT2D eigenvalue weighted by Gasteiger charge is -2.17. The topological polar surface area (TPSA) is 67.8 Å². The van der Waals surface area contributed by atoms with E-state index >= 15 is 0 Å². The zero-order valence-corrected chi connectivity index (χ0v) is 16.2. The number of nitriles is 1. The zero-order chi connectivity index (χ0) is 20.1. The third kappa shape index (κ3) is 3.81. The van der Waals surface area contributed by atoms with Crippen molar-refractivity contribution in [3.63, 3.8) is 0 Å². The fourth-order valence-corrected chi connectivity index (χ4v) is 3.36. The Hall–Kier alpha value is -3.39. The average Bonchev–Trinajstić information content (AvgIpc) is 2.73. The quantitative estimate of drug-likeness (QED) is 0.664. The summed E-state index contributed by atoms with van der Waals surface area (Å²) in [5, 5.41) is 9.65. The van der Waals surface area contributed by atoms with Crippen molar-refractivity contribution < 1.29 is 0 Å². The highest BCUT2D eigenvalue weighted by molar-refractivity contribution is 5.70. The van der Waals surface area contributed by atoms with Gasteiger partial charge in [-0.1, -0.05) is 55.8 Å². The Kier molecular flexibility index (Phi) is 5.90. The van der Waals surface area contributed by atoms with Gasteiger partial charge in [0.05, 0.1) is 18.2 Å². The molecule has 0 aliphatic carbocycles. The number of benzene rings is 2. The number of hydrogen-bond donors (Lipinski definition) is 0. The van der Waals surface area contributed by atoms with E-state index in [1.165, 1.54) is 13.1 Å². The molecule has 5 nitrogen and oxygen atoms in total. The van der Waals surface area contributed by atoms with Crippen molar-refractivity contribution in [1.82, 2.24) is 9.13 Å². The molecule has 0 saturated heterocycles. The standard InChI is InChI=1S/C23H23N3O2/c1-3-4-12-19-14-22(27)25(2)23(28)26(19)16-21-18(15-24)11-8-13-20(21)17-9-6-5-7-10-17/h5-11,13-14H,3-4,12,16H2,1-2H3. The monoisotopic (exact) mass is 373 g/mol. The molecule has 1 aromatic heterocycles. The van der Waals surface area contributed by atoms with Crippen LogP contribution in [0.25, 0.3) is 11.1 Å². The van der Waals surface area contributed by atoms with Crippen LogP contribution in [-0.4, -0.2) is 9.13 Å². The highest BCUT2D eigenvalue weighted by Gasteiger charge is 2.15. The predicted molar refractivity (Wildman–Crippen MR) is 110 cm³/mol. The van der Waals surface area contributed by atoms with Crippen LogP contribution < -0.4 is 11.2 Å². The summed E-state index contributed by atoms with van der Waals surface area (Å²) >= 11 is 0. The van der Waals surface area contributed by atoms with Crippen LogP contribution in [-0.2, 0) is 20.0 Å². The third-order valence-electron chi connectivity index (χ3n) is 4.97. The molecule has 3 aromatic rings. The molecule has 0 saturated carbocycles. The summed E-state index contributed by atoms with van der Waals surface area (Å²) in [6, 6.07) is 19.2. The molecule has 0 fully saturated rings. The van der Waals surface area contributed by atoms with Crippen LogP contribution in [0.5, 0.6) is 0 Å². The molecule has 0 bridgehead atoms. The van der Waals surface area contributed by atoms with E-state index in [1.54, 1.807) is 10.6 Å². The van der Waals surface area contributed by atoms with Crippen molar-refractivity contribution in [3.8, 4) is 17.2 Å². The lowest BCUT2D eigenvalue weighted by molar-refractivity contribution is 0.598. The minimum absolute atomic E-state index is 0.250. The van der Waals surface area contributed by atoms with Gasteiger partial charge in [-0.3, -0.25) is 13.9 Å². The maximum absolute atomic E-state index is 12.9. The molecule has 0 spiro atoms. The predicted octanol–water partition coefficient (Wildman–Crippen LogP) is 3.48. The summed E-state index contributed by atoms with van der Waals surface area (Å²) in [4.78, 5) is 25.0. The second-order valence-corrected chi connectivity index (χ2v) is 6.81. The summed E-state index contributed by atoms with van der Waals surface area (Å²) in [5.74, 6) is 0. The number of unbranched alkanes of at least 4 members (excludes halogenated alkanes) is 1. The van der Waals surface area contributed by atoms with Crippen LogP contribution in [0, 0.1) is 11.3 Å². The van der Waals surface area contributed by atoms with Crippen LogP contribution in [0.15, 0.2) is 64.2 Å². The Bertz CT molecular complexity index is 1140. The highest BCUT2D eigenvalue weighted by atomic mass is 16.2. The molecule has 0 aliphatic heterocycles. The van der Waals surface area contributed by atoms with E-state index < -0.39 is 0 Å². The van der Waals surface area contributed by atoms with Crippen molar-refractivity contribution in [2.75, 3.05) is 0 Å². The van der Waals surface area contributed by atoms with Gasteiger partial charge < -0.3 is 0 Å². The molecule has 3 rings (SSSR count). The Balaban J connectivity index is 2.20. The van der Waals surface area contributed by atoms with Gasteiger partial charge in [0.25, 0.3) is 5.56 Å². The third-order valence-corrected chi connectivity index (χ3v) is 4.97. The van der Waals surface area contributed by atoms with Crippen molar-refractivity contribution in [1.29, 1.82) is 5.26 Å². The van der Waals surface area contributed by atoms with Gasteiger partial charge >= 0.3 is 5.69 Å². The van der Waals surface area contributed by atoms with Gasteiger partial charge in [-0.2, -0.15) is 5.26 Å². The molecule has 1 heterocycles. The number of hydrogen-bond acceptors (Lipinski definition) is 3. The molecule has 2 aromatic carbocycles. The molecule has 0 aliphatic rings. The molecule has 0 amide bonds. The van der Waals surface area contributed by atoms with Crippen LogP contribution in [0.3, 0.4) is 0 Å². The van der Waals surface area contributed by atoms with Gasteiger partial charge in [0, 0.05) is 18.8 Å². The van der Waals surface area contributed by atoms with Crippen molar-refractivity contribution in [3.05, 3.63) is 92.3 Å². The van der Waals surface area contributed by atoms with Crippen LogP contribution in [0.1, 0.15) is 36.6 Å².